The fraction of sp³-hybridized carbons (Fsp3) is 0.143. The molecule has 0 aliphatic heterocycles. The van der Waals surface area contributed by atoms with Gasteiger partial charge in [0.25, 0.3) is 5.56 Å². The number of alkyl halides is 1. The van der Waals surface area contributed by atoms with E-state index in [0.717, 1.165) is 0 Å². The molecule has 1 N–H and O–H groups in total. The van der Waals surface area contributed by atoms with Crippen LogP contribution in [0.3, 0.4) is 0 Å². The van der Waals surface area contributed by atoms with Gasteiger partial charge in [0.1, 0.15) is 0 Å². The Morgan fingerprint density at radius 1 is 1.64 bits per heavy atom. The van der Waals surface area contributed by atoms with Gasteiger partial charge >= 0.3 is 0 Å². The molecule has 0 atom stereocenters. The molecule has 58 valence electrons. The monoisotopic (exact) mass is 170 g/mol. The number of nitrogens with one attached hydrogen (secondary N) is 1. The number of nitrogens with zero attached hydrogens (tertiary/aromatic N) is 1. The van der Waals surface area contributed by atoms with Gasteiger partial charge in [-0.05, 0) is 12.1 Å². The lowest BCUT2D eigenvalue weighted by Crippen LogP contribution is -2.05. The Kier molecular flexibility index (Phi) is 2.86. The molecule has 0 aromatic carbocycles. The predicted octanol–water partition coefficient (Wildman–Crippen LogP) is 1.02. The summed E-state index contributed by atoms with van der Waals surface area (Å²) >= 11 is 5.40. The summed E-state index contributed by atoms with van der Waals surface area (Å²) in [6, 6.07) is 3.04. The van der Waals surface area contributed by atoms with Gasteiger partial charge in [-0.2, -0.15) is 5.10 Å². The molecule has 3 nitrogen and oxygen atoms in total. The highest BCUT2D eigenvalue weighted by atomic mass is 35.5. The number of aromatic nitrogens is 2. The second-order valence-electron chi connectivity index (χ2n) is 1.90. The number of allylic oxidation sites excluding steroid dienone is 1. The van der Waals surface area contributed by atoms with Crippen LogP contribution in [0, 0.1) is 0 Å². The van der Waals surface area contributed by atoms with Crippen molar-refractivity contribution in [2.24, 2.45) is 0 Å². The lowest BCUT2D eigenvalue weighted by molar-refractivity contribution is 0.977. The van der Waals surface area contributed by atoms with Crippen LogP contribution in [0.4, 0.5) is 0 Å². The molecule has 0 fully saturated rings. The van der Waals surface area contributed by atoms with Gasteiger partial charge in [-0.3, -0.25) is 4.79 Å². The van der Waals surface area contributed by atoms with Crippen molar-refractivity contribution in [2.75, 3.05) is 5.88 Å². The topological polar surface area (TPSA) is 45.8 Å². The largest absolute Gasteiger partial charge is 0.268 e. The summed E-state index contributed by atoms with van der Waals surface area (Å²) in [4.78, 5) is 10.5. The molecule has 1 heterocycles. The van der Waals surface area contributed by atoms with Crippen LogP contribution in [0.25, 0.3) is 6.08 Å². The zero-order valence-corrected chi connectivity index (χ0v) is 6.51. The first-order valence-electron chi connectivity index (χ1n) is 3.11. The van der Waals surface area contributed by atoms with Crippen LogP contribution < -0.4 is 5.56 Å². The van der Waals surface area contributed by atoms with E-state index < -0.39 is 0 Å². The van der Waals surface area contributed by atoms with E-state index >= 15 is 0 Å². The second kappa shape index (κ2) is 3.93. The van der Waals surface area contributed by atoms with Gasteiger partial charge in [0.05, 0.1) is 5.69 Å². The van der Waals surface area contributed by atoms with Crippen molar-refractivity contribution >= 4 is 17.7 Å². The smallest absolute Gasteiger partial charge is 0.264 e. The highest BCUT2D eigenvalue weighted by Gasteiger charge is 1.85. The number of halogens is 1. The van der Waals surface area contributed by atoms with Gasteiger partial charge in [0.2, 0.25) is 0 Å². The van der Waals surface area contributed by atoms with Crippen LogP contribution in [0.15, 0.2) is 23.0 Å². The summed E-state index contributed by atoms with van der Waals surface area (Å²) in [5, 5.41) is 6.04. The summed E-state index contributed by atoms with van der Waals surface area (Å²) in [5.74, 6) is 0.445. The molecule has 1 aromatic heterocycles. The number of H-pyrrole nitrogens is 1. The minimum atomic E-state index is -0.201. The molecule has 1 rings (SSSR count). The van der Waals surface area contributed by atoms with Gasteiger partial charge in [-0.15, -0.1) is 11.6 Å². The maximum absolute atomic E-state index is 10.5. The number of rotatable bonds is 2. The molecule has 0 amide bonds. The number of hydrogen-bond donors (Lipinski definition) is 1. The van der Waals surface area contributed by atoms with Crippen molar-refractivity contribution in [3.8, 4) is 0 Å². The minimum absolute atomic E-state index is 0.201. The minimum Gasteiger partial charge on any atom is -0.268 e. The molecule has 4 heteroatoms. The van der Waals surface area contributed by atoms with E-state index in [1.165, 1.54) is 6.07 Å². The Balaban J connectivity index is 2.82. The van der Waals surface area contributed by atoms with Gasteiger partial charge in [0, 0.05) is 11.9 Å². The van der Waals surface area contributed by atoms with Crippen LogP contribution in [-0.4, -0.2) is 16.1 Å². The SMILES string of the molecule is O=c1ccc(C=CCCl)n[nH]1. The Morgan fingerprint density at radius 2 is 2.45 bits per heavy atom. The molecule has 0 spiro atoms. The van der Waals surface area contributed by atoms with E-state index in [9.17, 15) is 4.79 Å². The molecular formula is C7H7ClN2O. The highest BCUT2D eigenvalue weighted by molar-refractivity contribution is 6.19. The van der Waals surface area contributed by atoms with Gasteiger partial charge in [-0.25, -0.2) is 5.10 Å². The van der Waals surface area contributed by atoms with Crippen LogP contribution >= 0.6 is 11.6 Å². The van der Waals surface area contributed by atoms with Crippen molar-refractivity contribution in [3.05, 3.63) is 34.3 Å². The summed E-state index contributed by atoms with van der Waals surface area (Å²) in [5.41, 5.74) is 0.498. The lowest BCUT2D eigenvalue weighted by atomic mass is 10.3. The second-order valence-corrected chi connectivity index (χ2v) is 2.21. The molecule has 0 saturated carbocycles. The summed E-state index contributed by atoms with van der Waals surface area (Å²) in [6.07, 6.45) is 3.49. The van der Waals surface area contributed by atoms with E-state index in [4.69, 9.17) is 11.6 Å². The van der Waals surface area contributed by atoms with Crippen LogP contribution in [-0.2, 0) is 0 Å². The zero-order chi connectivity index (χ0) is 8.10. The molecule has 0 radical (unpaired) electrons. The molecule has 0 bridgehead atoms. The Hall–Kier alpha value is -1.09. The van der Waals surface area contributed by atoms with Crippen LogP contribution in [0.5, 0.6) is 0 Å². The first-order valence-corrected chi connectivity index (χ1v) is 3.64. The third kappa shape index (κ3) is 2.55. The molecule has 0 saturated heterocycles. The molecule has 11 heavy (non-hydrogen) atoms. The predicted molar refractivity (Wildman–Crippen MR) is 44.6 cm³/mol. The fourth-order valence-electron chi connectivity index (χ4n) is 0.613. The Bertz CT molecular complexity index is 285. The first-order chi connectivity index (χ1) is 5.33. The first kappa shape index (κ1) is 8.01. The summed E-state index contributed by atoms with van der Waals surface area (Å²) < 4.78 is 0. The Morgan fingerprint density at radius 3 is 3.00 bits per heavy atom. The zero-order valence-electron chi connectivity index (χ0n) is 5.75. The van der Waals surface area contributed by atoms with Crippen LogP contribution in [0.2, 0.25) is 0 Å². The average Bonchev–Trinajstić information content (AvgIpc) is 2.04. The van der Waals surface area contributed by atoms with Crippen LogP contribution in [0.1, 0.15) is 5.69 Å². The third-order valence-electron chi connectivity index (χ3n) is 1.08. The maximum Gasteiger partial charge on any atom is 0.264 e. The van der Waals surface area contributed by atoms with E-state index in [1.54, 1.807) is 18.2 Å². The van der Waals surface area contributed by atoms with Crippen molar-refractivity contribution in [2.45, 2.75) is 0 Å². The Labute approximate surface area is 68.7 Å². The normalized spacial score (nSPS) is 10.6. The van der Waals surface area contributed by atoms with E-state index in [2.05, 4.69) is 10.2 Å². The van der Waals surface area contributed by atoms with Crippen molar-refractivity contribution in [3.63, 3.8) is 0 Å². The quantitative estimate of drug-likeness (QED) is 0.674. The molecule has 0 aliphatic rings. The van der Waals surface area contributed by atoms with Gasteiger partial charge < -0.3 is 0 Å². The molecular weight excluding hydrogens is 164 g/mol. The van der Waals surface area contributed by atoms with Crippen molar-refractivity contribution in [1.82, 2.24) is 10.2 Å². The third-order valence-corrected chi connectivity index (χ3v) is 1.26. The fourth-order valence-corrected chi connectivity index (χ4v) is 0.702. The maximum atomic E-state index is 10.5. The molecule has 0 unspecified atom stereocenters. The van der Waals surface area contributed by atoms with E-state index in [0.29, 0.717) is 11.6 Å². The van der Waals surface area contributed by atoms with Gasteiger partial charge in [0.15, 0.2) is 0 Å². The molecule has 1 aromatic rings. The van der Waals surface area contributed by atoms with Crippen molar-refractivity contribution in [1.29, 1.82) is 0 Å². The molecule has 0 aliphatic carbocycles. The standard InChI is InChI=1S/C7H7ClN2O/c8-5-1-2-6-3-4-7(11)10-9-6/h1-4H,5H2,(H,10,11). The van der Waals surface area contributed by atoms with Crippen molar-refractivity contribution < 1.29 is 0 Å². The number of aromatic amines is 1. The van der Waals surface area contributed by atoms with E-state index in [1.807, 2.05) is 0 Å². The lowest BCUT2D eigenvalue weighted by Gasteiger charge is -1.87. The highest BCUT2D eigenvalue weighted by Crippen LogP contribution is 1.92. The average molecular weight is 171 g/mol. The van der Waals surface area contributed by atoms with E-state index in [-0.39, 0.29) is 5.56 Å². The number of hydrogen-bond acceptors (Lipinski definition) is 2. The van der Waals surface area contributed by atoms with Gasteiger partial charge in [-0.1, -0.05) is 6.08 Å². The summed E-state index contributed by atoms with van der Waals surface area (Å²) in [7, 11) is 0. The summed E-state index contributed by atoms with van der Waals surface area (Å²) in [6.45, 7) is 0.